The van der Waals surface area contributed by atoms with E-state index < -0.39 is 0 Å². The average Bonchev–Trinajstić information content (AvgIpc) is 3.42. The van der Waals surface area contributed by atoms with Gasteiger partial charge in [0.15, 0.2) is 6.79 Å². The van der Waals surface area contributed by atoms with Crippen LogP contribution in [0.25, 0.3) is 11.1 Å². The summed E-state index contributed by atoms with van der Waals surface area (Å²) in [5.74, 6) is -0.318. The van der Waals surface area contributed by atoms with Crippen molar-refractivity contribution in [3.63, 3.8) is 0 Å². The van der Waals surface area contributed by atoms with Gasteiger partial charge in [-0.1, -0.05) is 190 Å². The Bertz CT molecular complexity index is 1210. The lowest BCUT2D eigenvalue weighted by molar-refractivity contribution is -0.151. The van der Waals surface area contributed by atoms with Gasteiger partial charge in [0.2, 0.25) is 0 Å². The molecule has 0 radical (unpaired) electrons. The lowest BCUT2D eigenvalue weighted by Gasteiger charge is -2.33. The lowest BCUT2D eigenvalue weighted by Crippen LogP contribution is -2.28. The second-order valence-electron chi connectivity index (χ2n) is 11.1. The van der Waals surface area contributed by atoms with Gasteiger partial charge < -0.3 is 18.9 Å². The van der Waals surface area contributed by atoms with E-state index in [-0.39, 0.29) is 18.2 Å². The Morgan fingerprint density at radius 1 is 0.469 bits per heavy atom. The molecule has 0 aromatic heterocycles. The summed E-state index contributed by atoms with van der Waals surface area (Å²) in [5.41, 5.74) is 7.80. The Labute approximate surface area is 300 Å². The first-order valence-corrected chi connectivity index (χ1v) is 17.7. The number of carbonyl (C=O) groups is 1. The molecular formula is C44H66O5. The minimum absolute atomic E-state index is 0.0509. The number of carbonyl (C=O) groups excluding carboxylic acids is 1. The van der Waals surface area contributed by atoms with Gasteiger partial charge in [0.05, 0.1) is 5.41 Å². The first-order valence-electron chi connectivity index (χ1n) is 17.7. The highest BCUT2D eigenvalue weighted by atomic mass is 16.7. The van der Waals surface area contributed by atoms with Crippen LogP contribution in [0, 0.1) is 0 Å². The van der Waals surface area contributed by atoms with E-state index in [1.54, 1.807) is 14.2 Å². The molecule has 4 aromatic rings. The fourth-order valence-electron chi connectivity index (χ4n) is 4.66. The first-order chi connectivity index (χ1) is 23.8. The molecule has 5 nitrogen and oxygen atoms in total. The molecule has 0 saturated carbocycles. The fourth-order valence-corrected chi connectivity index (χ4v) is 4.66. The van der Waals surface area contributed by atoms with Crippen molar-refractivity contribution in [2.24, 2.45) is 0 Å². The molecule has 0 amide bonds. The number of esters is 1. The molecule has 0 spiro atoms. The van der Waals surface area contributed by atoms with Crippen LogP contribution in [0.3, 0.4) is 0 Å². The zero-order valence-corrected chi connectivity index (χ0v) is 32.7. The maximum atomic E-state index is 9.90. The van der Waals surface area contributed by atoms with Gasteiger partial charge in [-0.05, 0) is 33.4 Å². The van der Waals surface area contributed by atoms with E-state index in [0.717, 1.165) is 0 Å². The van der Waals surface area contributed by atoms with Gasteiger partial charge in [-0.25, -0.2) is 0 Å². The third-order valence-corrected chi connectivity index (χ3v) is 5.98. The van der Waals surface area contributed by atoms with Crippen LogP contribution in [0.15, 0.2) is 109 Å². The van der Waals surface area contributed by atoms with Crippen molar-refractivity contribution in [2.75, 3.05) is 34.9 Å². The van der Waals surface area contributed by atoms with E-state index in [2.05, 4.69) is 184 Å². The summed E-state index contributed by atoms with van der Waals surface area (Å²) < 4.78 is 17.7. The summed E-state index contributed by atoms with van der Waals surface area (Å²) in [6.45, 7) is 18.8. The van der Waals surface area contributed by atoms with E-state index >= 15 is 0 Å². The molecular weight excluding hydrogens is 608 g/mol. The molecule has 4 aromatic carbocycles. The number of methoxy groups -OCH3 is 3. The molecule has 1 aliphatic rings. The van der Waals surface area contributed by atoms with Crippen molar-refractivity contribution in [3.05, 3.63) is 131 Å². The summed E-state index contributed by atoms with van der Waals surface area (Å²) in [6, 6.07) is 39.5. The summed E-state index contributed by atoms with van der Waals surface area (Å²) in [4.78, 5) is 9.90. The van der Waals surface area contributed by atoms with Crippen LogP contribution in [-0.4, -0.2) is 40.9 Å². The third kappa shape index (κ3) is 16.9. The topological polar surface area (TPSA) is 54.0 Å². The van der Waals surface area contributed by atoms with Gasteiger partial charge in [0.25, 0.3) is 0 Å². The molecule has 49 heavy (non-hydrogen) atoms. The second kappa shape index (κ2) is 31.5. The summed E-state index contributed by atoms with van der Waals surface area (Å²) >= 11 is 0. The van der Waals surface area contributed by atoms with Crippen LogP contribution < -0.4 is 0 Å². The van der Waals surface area contributed by atoms with Crippen LogP contribution in [-0.2, 0) is 29.2 Å². The predicted octanol–water partition coefficient (Wildman–Crippen LogP) is 12.1. The molecule has 0 unspecified atom stereocenters. The summed E-state index contributed by atoms with van der Waals surface area (Å²) in [7, 11) is 4.63. The van der Waals surface area contributed by atoms with Gasteiger partial charge in [-0.15, -0.1) is 0 Å². The maximum Gasteiger partial charge on any atom is 0.304 e. The smallest absolute Gasteiger partial charge is 0.304 e. The van der Waals surface area contributed by atoms with Crippen LogP contribution in [0.4, 0.5) is 0 Å². The number of hydrogen-bond donors (Lipinski definition) is 0. The van der Waals surface area contributed by atoms with Crippen molar-refractivity contribution >= 4 is 5.97 Å². The zero-order chi connectivity index (χ0) is 37.3. The molecule has 0 aliphatic heterocycles. The maximum absolute atomic E-state index is 9.90. The lowest BCUT2D eigenvalue weighted by atomic mass is 9.68. The van der Waals surface area contributed by atoms with Gasteiger partial charge >= 0.3 is 5.97 Å². The van der Waals surface area contributed by atoms with Crippen molar-refractivity contribution < 1.29 is 23.7 Å². The highest BCUT2D eigenvalue weighted by molar-refractivity contribution is 5.86. The summed E-state index contributed by atoms with van der Waals surface area (Å²) in [6.07, 6.45) is 5.00. The Hall–Kier alpha value is -3.77. The molecule has 0 bridgehead atoms. The van der Waals surface area contributed by atoms with Crippen LogP contribution in [0.5, 0.6) is 0 Å². The van der Waals surface area contributed by atoms with Crippen molar-refractivity contribution in [2.45, 2.75) is 93.4 Å². The number of benzene rings is 4. The van der Waals surface area contributed by atoms with Crippen LogP contribution >= 0.6 is 0 Å². The molecule has 0 N–H and O–H groups in total. The third-order valence-electron chi connectivity index (χ3n) is 5.98. The normalized spacial score (nSPS) is 10.6. The van der Waals surface area contributed by atoms with Crippen molar-refractivity contribution in [1.82, 2.24) is 0 Å². The number of hydrogen-bond acceptors (Lipinski definition) is 5. The van der Waals surface area contributed by atoms with Crippen LogP contribution in [0.1, 0.15) is 110 Å². The number of fused-ring (bicyclic) bond motifs is 3. The van der Waals surface area contributed by atoms with E-state index in [0.29, 0.717) is 6.79 Å². The monoisotopic (exact) mass is 674 g/mol. The second-order valence-corrected chi connectivity index (χ2v) is 11.1. The highest BCUT2D eigenvalue weighted by Crippen LogP contribution is 2.55. The molecule has 0 saturated heterocycles. The average molecular weight is 675 g/mol. The Morgan fingerprint density at radius 3 is 1.00 bits per heavy atom. The molecule has 0 heterocycles. The fraction of sp³-hybridized carbons (Fsp3) is 0.432. The van der Waals surface area contributed by atoms with Gasteiger partial charge in [-0.2, -0.15) is 0 Å². The minimum atomic E-state index is -0.318. The van der Waals surface area contributed by atoms with E-state index in [1.165, 1.54) is 73.1 Å². The number of ether oxygens (including phenoxy) is 4. The number of rotatable bonds is 6. The van der Waals surface area contributed by atoms with Gasteiger partial charge in [0, 0.05) is 28.3 Å². The molecule has 272 valence electrons. The standard InChI is InChI=1S/C25H18.C4H8O3.C3H8O2.4C3H8/c1-3-11-19(12-4-1)25(20-13-5-2-6-14-20)23-17-9-7-15-21(23)22-16-8-10-18-24(22)25;1-4(5)7-3-6-2;1-4-3-5-2;4*1-3-2/h1-18H;3H2,1-2H3;3H2,1-2H3;4*3H2,1-2H3. The van der Waals surface area contributed by atoms with E-state index in [4.69, 9.17) is 0 Å². The SMILES string of the molecule is CCC.CCC.CCC.CCC.COCOC.COCOC(C)=O.c1ccc(C2(c3ccccc3)c3ccccc3-c3ccccc32)cc1. The molecule has 0 fully saturated rings. The molecule has 5 heteroatoms. The highest BCUT2D eigenvalue weighted by Gasteiger charge is 2.45. The van der Waals surface area contributed by atoms with Crippen molar-refractivity contribution in [3.8, 4) is 11.1 Å². The van der Waals surface area contributed by atoms with E-state index in [9.17, 15) is 4.79 Å². The molecule has 0 atom stereocenters. The Kier molecular flexibility index (Phi) is 30.4. The van der Waals surface area contributed by atoms with Crippen molar-refractivity contribution in [1.29, 1.82) is 0 Å². The Morgan fingerprint density at radius 2 is 0.755 bits per heavy atom. The zero-order valence-electron chi connectivity index (χ0n) is 32.7. The van der Waals surface area contributed by atoms with E-state index in [1.807, 2.05) is 0 Å². The summed E-state index contributed by atoms with van der Waals surface area (Å²) in [5, 5.41) is 0. The predicted molar refractivity (Wildman–Crippen MR) is 210 cm³/mol. The minimum Gasteiger partial charge on any atom is -0.439 e. The molecule has 5 rings (SSSR count). The van der Waals surface area contributed by atoms with Gasteiger partial charge in [0.1, 0.15) is 6.79 Å². The first kappa shape index (κ1) is 47.3. The quantitative estimate of drug-likeness (QED) is 0.133. The molecule has 1 aliphatic carbocycles. The largest absolute Gasteiger partial charge is 0.439 e. The van der Waals surface area contributed by atoms with Gasteiger partial charge in [-0.3, -0.25) is 4.79 Å². The Balaban J connectivity index is 0. The van der Waals surface area contributed by atoms with Crippen LogP contribution in [0.2, 0.25) is 0 Å².